The van der Waals surface area contributed by atoms with Gasteiger partial charge in [0.25, 0.3) is 0 Å². The van der Waals surface area contributed by atoms with Gasteiger partial charge in [0.2, 0.25) is 5.88 Å². The predicted octanol–water partition coefficient (Wildman–Crippen LogP) is 3.86. The summed E-state index contributed by atoms with van der Waals surface area (Å²) in [6.07, 6.45) is 5.70. The van der Waals surface area contributed by atoms with Crippen LogP contribution in [0.4, 0.5) is 10.1 Å². The Morgan fingerprint density at radius 2 is 2.00 bits per heavy atom. The zero-order chi connectivity index (χ0) is 17.4. The van der Waals surface area contributed by atoms with E-state index in [1.807, 2.05) is 49.5 Å². The number of nitrogens with zero attached hydrogens (tertiary/aromatic N) is 1. The Balaban J connectivity index is 2.01. The Bertz CT molecular complexity index is 673. The number of aromatic nitrogens is 1. The highest BCUT2D eigenvalue weighted by Crippen LogP contribution is 2.21. The molecule has 24 heavy (non-hydrogen) atoms. The largest absolute Gasteiger partial charge is 0.476 e. The number of nitrogens with one attached hydrogen (secondary N) is 1. The molecule has 0 aliphatic heterocycles. The zero-order valence-electron chi connectivity index (χ0n) is 13.4. The number of alkyl halides is 1. The first-order valence-corrected chi connectivity index (χ1v) is 8.65. The summed E-state index contributed by atoms with van der Waals surface area (Å²) in [4.78, 5) is 4.26. The van der Waals surface area contributed by atoms with E-state index >= 15 is 0 Å². The standard InChI is InChI=1S/C18H20FIN2O2/c1-21-16-6-4-13(5-7-16)2-3-14-8-17(20)18(22-10-14)24-12-15(9-19)11-23/h2-8,10,15,21,23H,9,11-12H2,1H3/b3-2+/i20-4. The van der Waals surface area contributed by atoms with Crippen molar-refractivity contribution in [1.29, 1.82) is 0 Å². The Morgan fingerprint density at radius 3 is 2.58 bits per heavy atom. The fraction of sp³-hybridized carbons (Fsp3) is 0.278. The first-order valence-electron chi connectivity index (χ1n) is 7.57. The monoisotopic (exact) mass is 438 g/mol. The number of rotatable bonds is 8. The molecule has 0 spiro atoms. The highest BCUT2D eigenvalue weighted by atomic mass is 123. The number of ether oxygens (including phenoxy) is 1. The number of pyridine rings is 1. The highest BCUT2D eigenvalue weighted by Gasteiger charge is 2.10. The van der Waals surface area contributed by atoms with Crippen molar-refractivity contribution in [3.63, 3.8) is 0 Å². The van der Waals surface area contributed by atoms with Crippen molar-refractivity contribution in [3.05, 3.63) is 51.2 Å². The summed E-state index contributed by atoms with van der Waals surface area (Å²) in [5.74, 6) is -0.0548. The van der Waals surface area contributed by atoms with Crippen LogP contribution in [0.5, 0.6) is 5.88 Å². The van der Waals surface area contributed by atoms with Gasteiger partial charge in [0.15, 0.2) is 0 Å². The third kappa shape index (κ3) is 5.45. The van der Waals surface area contributed by atoms with E-state index in [0.29, 0.717) is 5.88 Å². The van der Waals surface area contributed by atoms with Crippen molar-refractivity contribution in [2.75, 3.05) is 32.3 Å². The normalized spacial score (nSPS) is 12.3. The lowest BCUT2D eigenvalue weighted by Gasteiger charge is -2.12. The molecule has 1 heterocycles. The fourth-order valence-electron chi connectivity index (χ4n) is 1.93. The van der Waals surface area contributed by atoms with E-state index in [-0.39, 0.29) is 13.2 Å². The van der Waals surface area contributed by atoms with Gasteiger partial charge in [-0.2, -0.15) is 0 Å². The minimum absolute atomic E-state index is 0.114. The predicted molar refractivity (Wildman–Crippen MR) is 104 cm³/mol. The first kappa shape index (κ1) is 18.7. The average Bonchev–Trinajstić information content (AvgIpc) is 2.62. The summed E-state index contributed by atoms with van der Waals surface area (Å²) >= 11 is 2.13. The number of halogens is 2. The topological polar surface area (TPSA) is 54.4 Å². The molecule has 0 bridgehead atoms. The van der Waals surface area contributed by atoms with Crippen molar-refractivity contribution in [1.82, 2.24) is 4.98 Å². The minimum Gasteiger partial charge on any atom is -0.476 e. The smallest absolute Gasteiger partial charge is 0.227 e. The first-order chi connectivity index (χ1) is 11.7. The minimum atomic E-state index is -0.611. The lowest BCUT2D eigenvalue weighted by Crippen LogP contribution is -2.18. The Hall–Kier alpha value is -1.67. The van der Waals surface area contributed by atoms with Crippen LogP contribution in [0.25, 0.3) is 12.2 Å². The molecule has 1 unspecified atom stereocenters. The molecule has 0 amide bonds. The number of anilines is 1. The van der Waals surface area contributed by atoms with Crippen LogP contribution in [0.15, 0.2) is 36.5 Å². The second kappa shape index (κ2) is 9.58. The summed E-state index contributed by atoms with van der Waals surface area (Å²) in [6, 6.07) is 10.0. The van der Waals surface area contributed by atoms with E-state index in [1.165, 1.54) is 0 Å². The van der Waals surface area contributed by atoms with Crippen LogP contribution in [0, 0.1) is 9.49 Å². The molecule has 1 atom stereocenters. The molecule has 2 aromatic rings. The van der Waals surface area contributed by atoms with E-state index in [1.54, 1.807) is 6.20 Å². The van der Waals surface area contributed by atoms with Gasteiger partial charge in [-0.25, -0.2) is 4.98 Å². The molecule has 4 nitrogen and oxygen atoms in total. The summed E-state index contributed by atoms with van der Waals surface area (Å²) in [5, 5.41) is 12.1. The van der Waals surface area contributed by atoms with E-state index in [2.05, 4.69) is 32.9 Å². The second-order valence-electron chi connectivity index (χ2n) is 5.27. The van der Waals surface area contributed by atoms with Crippen LogP contribution in [-0.2, 0) is 0 Å². The van der Waals surface area contributed by atoms with E-state index in [4.69, 9.17) is 9.84 Å². The number of hydrogen-bond acceptors (Lipinski definition) is 4. The third-order valence-electron chi connectivity index (χ3n) is 3.43. The van der Waals surface area contributed by atoms with Crippen molar-refractivity contribution < 1.29 is 14.2 Å². The number of hydrogen-bond donors (Lipinski definition) is 2. The maximum atomic E-state index is 12.6. The maximum absolute atomic E-state index is 12.6. The van der Waals surface area contributed by atoms with Gasteiger partial charge in [-0.15, -0.1) is 0 Å². The van der Waals surface area contributed by atoms with Gasteiger partial charge in [-0.1, -0.05) is 24.3 Å². The van der Waals surface area contributed by atoms with Gasteiger partial charge in [0.1, 0.15) is 0 Å². The molecule has 6 heteroatoms. The Labute approximate surface area is 154 Å². The molecule has 0 saturated carbocycles. The van der Waals surface area contributed by atoms with Crippen molar-refractivity contribution >= 4 is 40.4 Å². The molecule has 0 aliphatic rings. The molecule has 1 aromatic heterocycles. The van der Waals surface area contributed by atoms with E-state index in [9.17, 15) is 4.39 Å². The summed E-state index contributed by atoms with van der Waals surface area (Å²) in [5.41, 5.74) is 3.12. The van der Waals surface area contributed by atoms with Gasteiger partial charge < -0.3 is 15.2 Å². The van der Waals surface area contributed by atoms with E-state index < -0.39 is 12.6 Å². The molecule has 0 radical (unpaired) electrons. The van der Waals surface area contributed by atoms with Crippen LogP contribution < -0.4 is 10.1 Å². The lowest BCUT2D eigenvalue weighted by atomic mass is 10.1. The molecule has 128 valence electrons. The van der Waals surface area contributed by atoms with Crippen LogP contribution in [-0.4, -0.2) is 37.0 Å². The lowest BCUT2D eigenvalue weighted by molar-refractivity contribution is 0.137. The van der Waals surface area contributed by atoms with Gasteiger partial charge in [0, 0.05) is 24.8 Å². The zero-order valence-corrected chi connectivity index (χ0v) is 15.5. The SMILES string of the molecule is CNc1ccc(/C=C/c2cnc(OCC(CO)CF)c([123I])c2)cc1. The molecular formula is C18H20FIN2O2. The molecule has 0 aliphatic carbocycles. The van der Waals surface area contributed by atoms with E-state index in [0.717, 1.165) is 20.4 Å². The van der Waals surface area contributed by atoms with Crippen molar-refractivity contribution in [2.24, 2.45) is 5.92 Å². The van der Waals surface area contributed by atoms with Gasteiger partial charge in [0.05, 0.1) is 23.5 Å². The van der Waals surface area contributed by atoms with Crippen molar-refractivity contribution in [3.8, 4) is 5.88 Å². The molecular weight excluding hydrogens is 418 g/mol. The van der Waals surface area contributed by atoms with Gasteiger partial charge in [-0.05, 0) is 51.9 Å². The Kier molecular flexibility index (Phi) is 7.45. The van der Waals surface area contributed by atoms with Gasteiger partial charge in [-0.3, -0.25) is 4.39 Å². The van der Waals surface area contributed by atoms with Crippen LogP contribution >= 0.6 is 22.6 Å². The number of aliphatic hydroxyl groups is 1. The molecule has 2 N–H and O–H groups in total. The quantitative estimate of drug-likeness (QED) is 0.615. The number of benzene rings is 1. The molecule has 2 rings (SSSR count). The second-order valence-corrected chi connectivity index (χ2v) is 6.44. The fourth-order valence-corrected chi connectivity index (χ4v) is 2.59. The van der Waals surface area contributed by atoms with Crippen LogP contribution in [0.1, 0.15) is 11.1 Å². The average molecular weight is 438 g/mol. The summed E-state index contributed by atoms with van der Waals surface area (Å²) < 4.78 is 18.9. The molecule has 1 aromatic carbocycles. The Morgan fingerprint density at radius 1 is 1.29 bits per heavy atom. The number of aliphatic hydroxyl groups excluding tert-OH is 1. The summed E-state index contributed by atoms with van der Waals surface area (Å²) in [6.45, 7) is -0.733. The third-order valence-corrected chi connectivity index (χ3v) is 4.20. The molecule has 0 fully saturated rings. The van der Waals surface area contributed by atoms with Crippen LogP contribution in [0.3, 0.4) is 0 Å². The van der Waals surface area contributed by atoms with Gasteiger partial charge >= 0.3 is 0 Å². The summed E-state index contributed by atoms with van der Waals surface area (Å²) in [7, 11) is 1.89. The maximum Gasteiger partial charge on any atom is 0.227 e. The van der Waals surface area contributed by atoms with Crippen molar-refractivity contribution in [2.45, 2.75) is 0 Å². The van der Waals surface area contributed by atoms with Crippen LogP contribution in [0.2, 0.25) is 0 Å². The molecule has 0 saturated heterocycles. The highest BCUT2D eigenvalue weighted by molar-refractivity contribution is 14.1.